The van der Waals surface area contributed by atoms with Crippen molar-refractivity contribution in [3.63, 3.8) is 0 Å². The molecule has 0 saturated carbocycles. The fourth-order valence-electron chi connectivity index (χ4n) is 1.39. The first-order chi connectivity index (χ1) is 7.72. The van der Waals surface area contributed by atoms with E-state index >= 15 is 0 Å². The third-order valence-corrected chi connectivity index (χ3v) is 3.47. The van der Waals surface area contributed by atoms with Crippen LogP contribution in [0.3, 0.4) is 0 Å². The summed E-state index contributed by atoms with van der Waals surface area (Å²) in [6.07, 6.45) is 0.824. The Morgan fingerprint density at radius 2 is 2.38 bits per heavy atom. The molecule has 0 aliphatic carbocycles. The summed E-state index contributed by atoms with van der Waals surface area (Å²) in [6.45, 7) is 0. The maximum Gasteiger partial charge on any atom is 0.143 e. The molecule has 84 valence electrons. The van der Waals surface area contributed by atoms with E-state index in [9.17, 15) is 5.11 Å². The Labute approximate surface area is 102 Å². The minimum Gasteiger partial charge on any atom is -0.495 e. The lowest BCUT2D eigenvalue weighted by Crippen LogP contribution is -2.02. The lowest BCUT2D eigenvalue weighted by molar-refractivity contribution is 0.213. The van der Waals surface area contributed by atoms with Crippen LogP contribution in [-0.4, -0.2) is 17.2 Å². The molecule has 16 heavy (non-hydrogen) atoms. The van der Waals surface area contributed by atoms with E-state index in [0.29, 0.717) is 16.5 Å². The number of methoxy groups -OCH3 is 1. The van der Waals surface area contributed by atoms with Crippen molar-refractivity contribution >= 4 is 22.9 Å². The molecule has 0 spiro atoms. The first kappa shape index (κ1) is 11.4. The van der Waals surface area contributed by atoms with Crippen molar-refractivity contribution in [1.29, 1.82) is 0 Å². The maximum atomic E-state index is 10.1. The number of aliphatic hydroxyl groups excluding tert-OH is 1. The van der Waals surface area contributed by atoms with Gasteiger partial charge in [-0.25, -0.2) is 0 Å². The van der Waals surface area contributed by atoms with Gasteiger partial charge in [0.25, 0.3) is 0 Å². The van der Waals surface area contributed by atoms with Gasteiger partial charge in [-0.15, -0.1) is 11.3 Å². The fraction of sp³-hybridized carbons (Fsp3) is 0.182. The number of thiophene rings is 1. The summed E-state index contributed by atoms with van der Waals surface area (Å²) in [7, 11) is 1.55. The largest absolute Gasteiger partial charge is 0.495 e. The van der Waals surface area contributed by atoms with Crippen LogP contribution in [-0.2, 0) is 0 Å². The minimum absolute atomic E-state index is 0.503. The minimum atomic E-state index is -0.798. The van der Waals surface area contributed by atoms with Crippen molar-refractivity contribution in [1.82, 2.24) is 4.98 Å². The molecule has 1 N–H and O–H groups in total. The Bertz CT molecular complexity index is 486. The number of nitrogens with zero attached hydrogens (tertiary/aromatic N) is 1. The highest BCUT2D eigenvalue weighted by molar-refractivity contribution is 7.10. The lowest BCUT2D eigenvalue weighted by atomic mass is 10.2. The highest BCUT2D eigenvalue weighted by Crippen LogP contribution is 2.32. The zero-order valence-electron chi connectivity index (χ0n) is 8.55. The standard InChI is InChI=1S/C11H10ClNO2S/c1-15-8-3-2-4-13-10(8)11(14)9-5-7(12)6-16-9/h2-6,11,14H,1H3. The quantitative estimate of drug-likeness (QED) is 0.917. The molecule has 0 radical (unpaired) electrons. The van der Waals surface area contributed by atoms with Gasteiger partial charge < -0.3 is 9.84 Å². The van der Waals surface area contributed by atoms with Crippen LogP contribution in [0.25, 0.3) is 0 Å². The maximum absolute atomic E-state index is 10.1. The third-order valence-electron chi connectivity index (χ3n) is 2.14. The van der Waals surface area contributed by atoms with Crippen molar-refractivity contribution in [3.8, 4) is 5.75 Å². The van der Waals surface area contributed by atoms with E-state index in [1.165, 1.54) is 11.3 Å². The van der Waals surface area contributed by atoms with E-state index in [4.69, 9.17) is 16.3 Å². The second kappa shape index (κ2) is 4.82. The van der Waals surface area contributed by atoms with Crippen LogP contribution in [0.15, 0.2) is 29.8 Å². The van der Waals surface area contributed by atoms with Crippen LogP contribution in [0.2, 0.25) is 5.02 Å². The third kappa shape index (κ3) is 2.19. The molecular weight excluding hydrogens is 246 g/mol. The first-order valence-corrected chi connectivity index (χ1v) is 5.89. The van der Waals surface area contributed by atoms with Gasteiger partial charge in [0.2, 0.25) is 0 Å². The summed E-state index contributed by atoms with van der Waals surface area (Å²) in [5.41, 5.74) is 0.503. The Balaban J connectivity index is 2.36. The molecule has 3 nitrogen and oxygen atoms in total. The van der Waals surface area contributed by atoms with Crippen molar-refractivity contribution in [2.75, 3.05) is 7.11 Å². The van der Waals surface area contributed by atoms with Crippen molar-refractivity contribution in [2.45, 2.75) is 6.10 Å². The predicted octanol–water partition coefficient (Wildman–Crippen LogP) is 2.89. The molecule has 0 aliphatic rings. The molecule has 2 aromatic heterocycles. The number of hydrogen-bond donors (Lipinski definition) is 1. The molecule has 0 saturated heterocycles. The van der Waals surface area contributed by atoms with Crippen molar-refractivity contribution in [3.05, 3.63) is 45.4 Å². The molecule has 0 bridgehead atoms. The molecule has 2 rings (SSSR count). The van der Waals surface area contributed by atoms with Gasteiger partial charge in [0, 0.05) is 16.5 Å². The second-order valence-electron chi connectivity index (χ2n) is 3.16. The predicted molar refractivity (Wildman–Crippen MR) is 64.2 cm³/mol. The van der Waals surface area contributed by atoms with Gasteiger partial charge in [0.1, 0.15) is 17.5 Å². The number of halogens is 1. The number of pyridine rings is 1. The van der Waals surface area contributed by atoms with E-state index < -0.39 is 6.10 Å². The number of aliphatic hydroxyl groups is 1. The molecular formula is C11H10ClNO2S. The first-order valence-electron chi connectivity index (χ1n) is 4.63. The van der Waals surface area contributed by atoms with Crippen LogP contribution in [0, 0.1) is 0 Å². The van der Waals surface area contributed by atoms with Gasteiger partial charge >= 0.3 is 0 Å². The van der Waals surface area contributed by atoms with Crippen LogP contribution in [0.5, 0.6) is 5.75 Å². The molecule has 0 aromatic carbocycles. The SMILES string of the molecule is COc1cccnc1C(O)c1cc(Cl)cs1. The Kier molecular flexibility index (Phi) is 3.43. The Hall–Kier alpha value is -1.10. The zero-order chi connectivity index (χ0) is 11.5. The summed E-state index contributed by atoms with van der Waals surface area (Å²) in [5, 5.41) is 12.5. The molecule has 2 aromatic rings. The average Bonchev–Trinajstić information content (AvgIpc) is 2.75. The van der Waals surface area contributed by atoms with Gasteiger partial charge in [-0.2, -0.15) is 0 Å². The fourth-order valence-corrected chi connectivity index (χ4v) is 2.46. The average molecular weight is 256 g/mol. The molecule has 1 unspecified atom stereocenters. The molecule has 0 amide bonds. The van der Waals surface area contributed by atoms with Gasteiger partial charge in [0.15, 0.2) is 0 Å². The Morgan fingerprint density at radius 1 is 1.56 bits per heavy atom. The number of hydrogen-bond acceptors (Lipinski definition) is 4. The highest BCUT2D eigenvalue weighted by atomic mass is 35.5. The lowest BCUT2D eigenvalue weighted by Gasteiger charge is -2.11. The van der Waals surface area contributed by atoms with Crippen molar-refractivity contribution < 1.29 is 9.84 Å². The molecule has 1 atom stereocenters. The van der Waals surface area contributed by atoms with Gasteiger partial charge in [-0.1, -0.05) is 11.6 Å². The Morgan fingerprint density at radius 3 is 3.00 bits per heavy atom. The van der Waals surface area contributed by atoms with E-state index in [0.717, 1.165) is 4.88 Å². The number of aromatic nitrogens is 1. The van der Waals surface area contributed by atoms with E-state index in [1.54, 1.807) is 36.9 Å². The summed E-state index contributed by atoms with van der Waals surface area (Å²) in [4.78, 5) is 4.88. The monoisotopic (exact) mass is 255 g/mol. The molecule has 0 aliphatic heterocycles. The van der Waals surface area contributed by atoms with Gasteiger partial charge in [0.05, 0.1) is 12.1 Å². The van der Waals surface area contributed by atoms with E-state index in [-0.39, 0.29) is 0 Å². The van der Waals surface area contributed by atoms with Crippen molar-refractivity contribution in [2.24, 2.45) is 0 Å². The number of ether oxygens (including phenoxy) is 1. The van der Waals surface area contributed by atoms with Crippen LogP contribution < -0.4 is 4.74 Å². The van der Waals surface area contributed by atoms with Gasteiger partial charge in [-0.3, -0.25) is 4.98 Å². The summed E-state index contributed by atoms with van der Waals surface area (Å²) in [5.74, 6) is 0.569. The molecule has 2 heterocycles. The summed E-state index contributed by atoms with van der Waals surface area (Å²) in [6, 6.07) is 5.25. The molecule has 0 fully saturated rings. The van der Waals surface area contributed by atoms with Crippen LogP contribution in [0.1, 0.15) is 16.7 Å². The molecule has 5 heteroatoms. The zero-order valence-corrected chi connectivity index (χ0v) is 10.1. The van der Waals surface area contributed by atoms with E-state index in [1.807, 2.05) is 0 Å². The van der Waals surface area contributed by atoms with E-state index in [2.05, 4.69) is 4.98 Å². The normalized spacial score (nSPS) is 12.4. The summed E-state index contributed by atoms with van der Waals surface area (Å²) < 4.78 is 5.14. The topological polar surface area (TPSA) is 42.4 Å². The smallest absolute Gasteiger partial charge is 0.143 e. The number of rotatable bonds is 3. The van der Waals surface area contributed by atoms with Crippen LogP contribution >= 0.6 is 22.9 Å². The van der Waals surface area contributed by atoms with Gasteiger partial charge in [-0.05, 0) is 18.2 Å². The highest BCUT2D eigenvalue weighted by Gasteiger charge is 2.18. The second-order valence-corrected chi connectivity index (χ2v) is 4.54. The summed E-state index contributed by atoms with van der Waals surface area (Å²) >= 11 is 7.21. The van der Waals surface area contributed by atoms with Crippen LogP contribution in [0.4, 0.5) is 0 Å².